The summed E-state index contributed by atoms with van der Waals surface area (Å²) < 4.78 is 52.5. The summed E-state index contributed by atoms with van der Waals surface area (Å²) in [5.41, 5.74) is 4.45. The molecule has 1 saturated heterocycles. The van der Waals surface area contributed by atoms with Crippen molar-refractivity contribution in [3.05, 3.63) is 36.7 Å². The predicted octanol–water partition coefficient (Wildman–Crippen LogP) is 2.03. The maximum atomic E-state index is 15.6. The number of aliphatic hydroxyl groups excluding tert-OH is 1. The molecular weight excluding hydrogens is 572 g/mol. The lowest BCUT2D eigenvalue weighted by Crippen LogP contribution is -2.48. The number of anilines is 2. The minimum absolute atomic E-state index is 0.0800. The first-order chi connectivity index (χ1) is 18.9. The monoisotopic (exact) mass is 601 g/mol. The number of hydrogen-bond donors (Lipinski definition) is 3. The molecule has 1 fully saturated rings. The number of alkyl halides is 2. The number of aliphatic hydroxyl groups is 1. The van der Waals surface area contributed by atoms with E-state index in [1.54, 1.807) is 37.2 Å². The maximum Gasteiger partial charge on any atom is 0.459 e. The first-order valence-corrected chi connectivity index (χ1v) is 14.1. The summed E-state index contributed by atoms with van der Waals surface area (Å²) in [6, 6.07) is 6.92. The maximum absolute atomic E-state index is 15.6. The van der Waals surface area contributed by atoms with Crippen molar-refractivity contribution in [3.8, 4) is 5.75 Å². The zero-order chi connectivity index (χ0) is 29.2. The van der Waals surface area contributed by atoms with Crippen LogP contribution in [0.1, 0.15) is 13.2 Å². The Labute approximate surface area is 234 Å². The van der Waals surface area contributed by atoms with Crippen LogP contribution in [0.4, 0.5) is 16.2 Å². The van der Waals surface area contributed by atoms with Crippen LogP contribution in [-0.2, 0) is 23.4 Å². The predicted molar refractivity (Wildman–Crippen MR) is 144 cm³/mol. The molecule has 17 heteroatoms. The fourth-order valence-electron chi connectivity index (χ4n) is 4.09. The number of esters is 1. The summed E-state index contributed by atoms with van der Waals surface area (Å²) in [5, 5.41) is 13.4. The van der Waals surface area contributed by atoms with Crippen molar-refractivity contribution in [2.45, 2.75) is 37.1 Å². The standard InChI is InChI=1S/C23H30ClFN7O7P/c1-13(21(34)36-4)30-40(35,39-14-8-6-5-7-9-14)37-11-23(10-24)17(33)15(25)20(38-23)32-12-27-16-18(31(2)3)28-22(26)29-19(16)32/h5-9,12-13,15,17,20,33H,10-11H2,1-4H3,(H,30,35)(H2,26,28,29)/t13-,15-,17+,20-,23-,40+/m1/s1. The average molecular weight is 602 g/mol. The SMILES string of the molecule is COC(=O)[C@@H](C)N[P@](=O)(OC[C@@]1(CCl)O[C@@H](n2cnc3c(N(C)C)nc(N)nc32)[C@H](F)[C@@H]1O)Oc1ccccc1. The highest BCUT2D eigenvalue weighted by molar-refractivity contribution is 7.52. The summed E-state index contributed by atoms with van der Waals surface area (Å²) in [7, 11) is 0.279. The number of imidazole rings is 1. The number of halogens is 2. The Morgan fingerprint density at radius 1 is 1.38 bits per heavy atom. The van der Waals surface area contributed by atoms with Crippen molar-refractivity contribution in [1.82, 2.24) is 24.6 Å². The molecule has 6 atom stereocenters. The number of ether oxygens (including phenoxy) is 2. The van der Waals surface area contributed by atoms with Gasteiger partial charge in [0, 0.05) is 14.1 Å². The van der Waals surface area contributed by atoms with Gasteiger partial charge in [-0.3, -0.25) is 13.9 Å². The molecule has 14 nitrogen and oxygen atoms in total. The van der Waals surface area contributed by atoms with Gasteiger partial charge in [-0.25, -0.2) is 13.9 Å². The second-order valence-electron chi connectivity index (χ2n) is 9.27. The molecule has 0 aliphatic carbocycles. The number of hydrogen-bond acceptors (Lipinski definition) is 12. The molecule has 0 bridgehead atoms. The number of aromatic nitrogens is 4. The van der Waals surface area contributed by atoms with Crippen LogP contribution in [-0.4, -0.2) is 88.2 Å². The van der Waals surface area contributed by atoms with Gasteiger partial charge in [0.25, 0.3) is 0 Å². The Morgan fingerprint density at radius 2 is 2.08 bits per heavy atom. The van der Waals surface area contributed by atoms with Gasteiger partial charge >= 0.3 is 13.7 Å². The molecule has 1 aromatic carbocycles. The molecule has 1 aliphatic heterocycles. The van der Waals surface area contributed by atoms with E-state index in [0.717, 1.165) is 7.11 Å². The Bertz CT molecular complexity index is 1400. The molecule has 40 heavy (non-hydrogen) atoms. The highest BCUT2D eigenvalue weighted by atomic mass is 35.5. The van der Waals surface area contributed by atoms with Crippen LogP contribution in [0.5, 0.6) is 5.75 Å². The van der Waals surface area contributed by atoms with Crippen LogP contribution in [0.25, 0.3) is 11.2 Å². The van der Waals surface area contributed by atoms with Crippen LogP contribution >= 0.6 is 19.3 Å². The summed E-state index contributed by atoms with van der Waals surface area (Å²) in [6.45, 7) is 0.702. The van der Waals surface area contributed by atoms with E-state index in [2.05, 4.69) is 24.8 Å². The number of carbonyl (C=O) groups excluding carboxylic acids is 1. The van der Waals surface area contributed by atoms with E-state index >= 15 is 4.39 Å². The summed E-state index contributed by atoms with van der Waals surface area (Å²) in [4.78, 5) is 26.3. The van der Waals surface area contributed by atoms with Crippen LogP contribution in [0, 0.1) is 0 Å². The lowest BCUT2D eigenvalue weighted by Gasteiger charge is -2.31. The Morgan fingerprint density at radius 3 is 2.70 bits per heavy atom. The third kappa shape index (κ3) is 5.85. The van der Waals surface area contributed by atoms with Crippen molar-refractivity contribution in [3.63, 3.8) is 0 Å². The number of benzene rings is 1. The van der Waals surface area contributed by atoms with Gasteiger partial charge in [-0.15, -0.1) is 11.6 Å². The Kier molecular flexibility index (Phi) is 8.83. The normalized spacial score (nSPS) is 24.9. The molecule has 0 radical (unpaired) electrons. The lowest BCUT2D eigenvalue weighted by molar-refractivity contribution is -0.142. The number of rotatable bonds is 11. The summed E-state index contributed by atoms with van der Waals surface area (Å²) in [5.74, 6) is -0.729. The number of nitrogens with zero attached hydrogens (tertiary/aromatic N) is 5. The molecule has 0 saturated carbocycles. The Balaban J connectivity index is 1.63. The van der Waals surface area contributed by atoms with E-state index in [1.807, 2.05) is 0 Å². The number of para-hydroxylation sites is 1. The second-order valence-corrected chi connectivity index (χ2v) is 11.2. The van der Waals surface area contributed by atoms with Gasteiger partial charge in [-0.05, 0) is 19.1 Å². The third-order valence-electron chi connectivity index (χ3n) is 6.17. The molecule has 3 heterocycles. The molecular formula is C23H30ClFN7O7P. The van der Waals surface area contributed by atoms with Crippen molar-refractivity contribution in [2.75, 3.05) is 44.3 Å². The first-order valence-electron chi connectivity index (χ1n) is 12.0. The number of methoxy groups -OCH3 is 1. The van der Waals surface area contributed by atoms with Gasteiger partial charge in [0.2, 0.25) is 5.95 Å². The van der Waals surface area contributed by atoms with E-state index in [0.29, 0.717) is 11.3 Å². The zero-order valence-corrected chi connectivity index (χ0v) is 23.8. The van der Waals surface area contributed by atoms with Crippen LogP contribution in [0.2, 0.25) is 0 Å². The van der Waals surface area contributed by atoms with E-state index in [-0.39, 0.29) is 17.3 Å². The zero-order valence-electron chi connectivity index (χ0n) is 22.1. The lowest BCUT2D eigenvalue weighted by atomic mass is 9.99. The number of nitrogens with two attached hydrogens (primary N) is 1. The van der Waals surface area contributed by atoms with Gasteiger partial charge in [-0.1, -0.05) is 18.2 Å². The number of nitrogens with one attached hydrogen (secondary N) is 1. The van der Waals surface area contributed by atoms with Gasteiger partial charge in [0.05, 0.1) is 25.9 Å². The molecule has 0 amide bonds. The molecule has 0 spiro atoms. The molecule has 3 aromatic rings. The Hall–Kier alpha value is -3.07. The molecule has 1 aliphatic rings. The fourth-order valence-corrected chi connectivity index (χ4v) is 5.93. The van der Waals surface area contributed by atoms with Crippen LogP contribution < -0.4 is 20.2 Å². The molecule has 4 N–H and O–H groups in total. The minimum Gasteiger partial charge on any atom is -0.468 e. The number of fused-ring (bicyclic) bond motifs is 1. The van der Waals surface area contributed by atoms with Crippen molar-refractivity contribution >= 4 is 48.2 Å². The largest absolute Gasteiger partial charge is 0.468 e. The highest BCUT2D eigenvalue weighted by Crippen LogP contribution is 2.49. The van der Waals surface area contributed by atoms with E-state index < -0.39 is 56.3 Å². The second kappa shape index (κ2) is 11.8. The van der Waals surface area contributed by atoms with Gasteiger partial charge in [0.15, 0.2) is 29.4 Å². The minimum atomic E-state index is -4.35. The number of nitrogen functional groups attached to an aromatic ring is 1. The number of carbonyl (C=O) groups is 1. The first kappa shape index (κ1) is 29.9. The van der Waals surface area contributed by atoms with Crippen LogP contribution in [0.15, 0.2) is 36.7 Å². The third-order valence-corrected chi connectivity index (χ3v) is 8.24. The molecule has 0 unspecified atom stereocenters. The van der Waals surface area contributed by atoms with Gasteiger partial charge < -0.3 is 29.7 Å². The van der Waals surface area contributed by atoms with Crippen molar-refractivity contribution in [2.24, 2.45) is 0 Å². The van der Waals surface area contributed by atoms with E-state index in [9.17, 15) is 14.5 Å². The van der Waals surface area contributed by atoms with Crippen molar-refractivity contribution in [1.29, 1.82) is 0 Å². The van der Waals surface area contributed by atoms with Crippen molar-refractivity contribution < 1.29 is 37.4 Å². The highest BCUT2D eigenvalue weighted by Gasteiger charge is 2.57. The smallest absolute Gasteiger partial charge is 0.459 e. The van der Waals surface area contributed by atoms with Gasteiger partial charge in [0.1, 0.15) is 23.5 Å². The summed E-state index contributed by atoms with van der Waals surface area (Å²) >= 11 is 6.20. The average Bonchev–Trinajstić information content (AvgIpc) is 3.45. The summed E-state index contributed by atoms with van der Waals surface area (Å²) in [6.07, 6.45) is -4.04. The molecule has 2 aromatic heterocycles. The van der Waals surface area contributed by atoms with Gasteiger partial charge in [-0.2, -0.15) is 15.1 Å². The molecule has 4 rings (SSSR count). The molecule has 218 valence electrons. The van der Waals surface area contributed by atoms with E-state index in [4.69, 9.17) is 31.1 Å². The fraction of sp³-hybridized carbons (Fsp3) is 0.478. The van der Waals surface area contributed by atoms with E-state index in [1.165, 1.54) is 30.0 Å². The topological polar surface area (TPSA) is 176 Å². The quantitative estimate of drug-likeness (QED) is 0.165. The van der Waals surface area contributed by atoms with Crippen LogP contribution in [0.3, 0.4) is 0 Å².